The van der Waals surface area contributed by atoms with Crippen LogP contribution in [0.15, 0.2) is 10.4 Å². The Morgan fingerprint density at radius 3 is 2.79 bits per heavy atom. The second kappa shape index (κ2) is 10.4. The van der Waals surface area contributed by atoms with E-state index >= 15 is 0 Å². The number of sulfonamides is 1. The molecule has 1 saturated heterocycles. The molecule has 28 heavy (non-hydrogen) atoms. The first-order valence-corrected chi connectivity index (χ1v) is 11.3. The van der Waals surface area contributed by atoms with Gasteiger partial charge >= 0.3 is 6.18 Å². The van der Waals surface area contributed by atoms with Crippen molar-refractivity contribution in [2.75, 3.05) is 32.5 Å². The minimum atomic E-state index is -4.47. The average molecular weight is 444 g/mol. The van der Waals surface area contributed by atoms with E-state index in [0.29, 0.717) is 6.61 Å². The lowest BCUT2D eigenvalue weighted by Crippen LogP contribution is -2.42. The lowest BCUT2D eigenvalue weighted by Gasteiger charge is -2.22. The molecule has 0 radical (unpaired) electrons. The van der Waals surface area contributed by atoms with Crippen LogP contribution in [0.2, 0.25) is 0 Å². The van der Waals surface area contributed by atoms with Crippen LogP contribution in [0.3, 0.4) is 0 Å². The number of halogens is 3. The van der Waals surface area contributed by atoms with Crippen molar-refractivity contribution in [2.24, 2.45) is 4.99 Å². The van der Waals surface area contributed by atoms with E-state index in [0.717, 1.165) is 36.0 Å². The fraction of sp³-hybridized carbons (Fsp3) is 0.733. The molecule has 1 aromatic rings. The summed E-state index contributed by atoms with van der Waals surface area (Å²) in [5.41, 5.74) is -0.934. The minimum Gasteiger partial charge on any atom is -0.377 e. The summed E-state index contributed by atoms with van der Waals surface area (Å²) in [7, 11) is -2.00. The summed E-state index contributed by atoms with van der Waals surface area (Å²) in [6.07, 6.45) is -1.70. The molecule has 160 valence electrons. The molecular formula is C15H24F3N5O3S2. The summed E-state index contributed by atoms with van der Waals surface area (Å²) in [5, 5.41) is 6.81. The van der Waals surface area contributed by atoms with Gasteiger partial charge in [-0.1, -0.05) is 0 Å². The highest BCUT2D eigenvalue weighted by molar-refractivity contribution is 7.89. The van der Waals surface area contributed by atoms with Crippen LogP contribution < -0.4 is 15.4 Å². The highest BCUT2D eigenvalue weighted by Gasteiger charge is 2.33. The summed E-state index contributed by atoms with van der Waals surface area (Å²) in [6.45, 7) is 1.04. The Balaban J connectivity index is 1.70. The third-order valence-corrected chi connectivity index (χ3v) is 6.14. The largest absolute Gasteiger partial charge is 0.434 e. The number of nitrogens with zero attached hydrogens (tertiary/aromatic N) is 2. The molecule has 3 N–H and O–H groups in total. The zero-order chi connectivity index (χ0) is 20.6. The molecule has 1 aliphatic heterocycles. The second-order valence-corrected chi connectivity index (χ2v) is 9.00. The van der Waals surface area contributed by atoms with Crippen LogP contribution in [0.25, 0.3) is 0 Å². The van der Waals surface area contributed by atoms with Crippen LogP contribution in [-0.2, 0) is 27.5 Å². The molecular weight excluding hydrogens is 419 g/mol. The summed E-state index contributed by atoms with van der Waals surface area (Å²) in [6, 6.07) is 0. The first kappa shape index (κ1) is 22.8. The summed E-state index contributed by atoms with van der Waals surface area (Å²) in [5.74, 6) is 0.102. The second-order valence-electron chi connectivity index (χ2n) is 6.13. The SMILES string of the molecule is CN=C(NCCS(=O)(=O)NCC1CCCCO1)NCc1nc(C(F)(F)F)cs1. The van der Waals surface area contributed by atoms with Gasteiger partial charge in [0, 0.05) is 32.1 Å². The van der Waals surface area contributed by atoms with Gasteiger partial charge in [0.15, 0.2) is 11.7 Å². The molecule has 13 heteroatoms. The molecule has 2 rings (SSSR count). The Hall–Kier alpha value is -1.44. The van der Waals surface area contributed by atoms with E-state index in [1.165, 1.54) is 7.05 Å². The molecule has 0 spiro atoms. The van der Waals surface area contributed by atoms with E-state index in [1.54, 1.807) is 0 Å². The van der Waals surface area contributed by atoms with Crippen molar-refractivity contribution in [3.63, 3.8) is 0 Å². The van der Waals surface area contributed by atoms with E-state index < -0.39 is 21.9 Å². The van der Waals surface area contributed by atoms with Gasteiger partial charge in [0.25, 0.3) is 0 Å². The zero-order valence-electron chi connectivity index (χ0n) is 15.4. The molecule has 1 fully saturated rings. The summed E-state index contributed by atoms with van der Waals surface area (Å²) >= 11 is 0.883. The van der Waals surface area contributed by atoms with Gasteiger partial charge in [-0.3, -0.25) is 4.99 Å². The van der Waals surface area contributed by atoms with E-state index in [9.17, 15) is 21.6 Å². The van der Waals surface area contributed by atoms with E-state index in [1.807, 2.05) is 0 Å². The number of aromatic nitrogens is 1. The molecule has 0 aliphatic carbocycles. The highest BCUT2D eigenvalue weighted by Crippen LogP contribution is 2.29. The van der Waals surface area contributed by atoms with E-state index in [2.05, 4.69) is 25.3 Å². The van der Waals surface area contributed by atoms with Crippen LogP contribution in [0.4, 0.5) is 13.2 Å². The number of guanidine groups is 1. The summed E-state index contributed by atoms with van der Waals surface area (Å²) in [4.78, 5) is 7.42. The molecule has 1 aromatic heterocycles. The first-order valence-electron chi connectivity index (χ1n) is 8.74. The fourth-order valence-electron chi connectivity index (χ4n) is 2.47. The predicted molar refractivity (Wildman–Crippen MR) is 101 cm³/mol. The number of nitrogens with one attached hydrogen (secondary N) is 3. The van der Waals surface area contributed by atoms with Crippen molar-refractivity contribution in [1.29, 1.82) is 0 Å². The third-order valence-electron chi connectivity index (χ3n) is 3.94. The van der Waals surface area contributed by atoms with Gasteiger partial charge in [-0.25, -0.2) is 18.1 Å². The van der Waals surface area contributed by atoms with Crippen LogP contribution >= 0.6 is 11.3 Å². The predicted octanol–water partition coefficient (Wildman–Crippen LogP) is 1.32. The summed E-state index contributed by atoms with van der Waals surface area (Å²) < 4.78 is 69.7. The van der Waals surface area contributed by atoms with Crippen molar-refractivity contribution >= 4 is 27.3 Å². The Labute approximate surface area is 166 Å². The molecule has 0 aromatic carbocycles. The number of hydrogen-bond donors (Lipinski definition) is 3. The number of alkyl halides is 3. The molecule has 1 aliphatic rings. The minimum absolute atomic E-state index is 0.0461. The lowest BCUT2D eigenvalue weighted by molar-refractivity contribution is -0.140. The number of thiazole rings is 1. The van der Waals surface area contributed by atoms with Crippen LogP contribution in [0.5, 0.6) is 0 Å². The Morgan fingerprint density at radius 1 is 1.39 bits per heavy atom. The van der Waals surface area contributed by atoms with Gasteiger partial charge in [-0.05, 0) is 19.3 Å². The van der Waals surface area contributed by atoms with Crippen molar-refractivity contribution in [3.05, 3.63) is 16.1 Å². The van der Waals surface area contributed by atoms with Gasteiger partial charge in [0.2, 0.25) is 10.0 Å². The van der Waals surface area contributed by atoms with Gasteiger partial charge < -0.3 is 15.4 Å². The number of aliphatic imine (C=N–C) groups is 1. The average Bonchev–Trinajstić information content (AvgIpc) is 3.13. The molecule has 0 bridgehead atoms. The highest BCUT2D eigenvalue weighted by atomic mass is 32.2. The van der Waals surface area contributed by atoms with Gasteiger partial charge in [-0.15, -0.1) is 11.3 Å². The van der Waals surface area contributed by atoms with Crippen molar-refractivity contribution < 1.29 is 26.3 Å². The van der Waals surface area contributed by atoms with E-state index in [-0.39, 0.29) is 42.5 Å². The monoisotopic (exact) mass is 443 g/mol. The van der Waals surface area contributed by atoms with Gasteiger partial charge in [0.05, 0.1) is 18.4 Å². The normalized spacial score (nSPS) is 18.9. The molecule has 1 unspecified atom stereocenters. The zero-order valence-corrected chi connectivity index (χ0v) is 17.0. The molecule has 1 atom stereocenters. The Morgan fingerprint density at radius 2 is 2.18 bits per heavy atom. The van der Waals surface area contributed by atoms with Crippen LogP contribution in [-0.4, -0.2) is 58.0 Å². The molecule has 0 saturated carbocycles. The number of rotatable bonds is 8. The maximum absolute atomic E-state index is 12.5. The van der Waals surface area contributed by atoms with E-state index in [4.69, 9.17) is 4.74 Å². The van der Waals surface area contributed by atoms with Gasteiger partial charge in [0.1, 0.15) is 5.01 Å². The quantitative estimate of drug-likeness (QED) is 0.414. The number of hydrogen-bond acceptors (Lipinski definition) is 6. The molecule has 8 nitrogen and oxygen atoms in total. The lowest BCUT2D eigenvalue weighted by atomic mass is 10.1. The van der Waals surface area contributed by atoms with Crippen molar-refractivity contribution in [1.82, 2.24) is 20.3 Å². The number of ether oxygens (including phenoxy) is 1. The van der Waals surface area contributed by atoms with Crippen molar-refractivity contribution in [2.45, 2.75) is 38.1 Å². The fourth-order valence-corrected chi connectivity index (χ4v) is 4.16. The third kappa shape index (κ3) is 7.89. The first-order chi connectivity index (χ1) is 13.2. The Bertz CT molecular complexity index is 746. The van der Waals surface area contributed by atoms with Crippen LogP contribution in [0, 0.1) is 0 Å². The van der Waals surface area contributed by atoms with Crippen molar-refractivity contribution in [3.8, 4) is 0 Å². The topological polar surface area (TPSA) is 105 Å². The maximum Gasteiger partial charge on any atom is 0.434 e. The molecule has 0 amide bonds. The Kier molecular flexibility index (Phi) is 8.46. The van der Waals surface area contributed by atoms with Gasteiger partial charge in [-0.2, -0.15) is 13.2 Å². The smallest absolute Gasteiger partial charge is 0.377 e. The maximum atomic E-state index is 12.5. The van der Waals surface area contributed by atoms with Crippen LogP contribution in [0.1, 0.15) is 30.0 Å². The molecule has 2 heterocycles. The standard InChI is InChI=1S/C15H24F3N5O3S2/c1-19-14(21-9-13-23-12(10-27-13)15(16,17)18)20-5-7-28(24,25)22-8-11-4-2-3-6-26-11/h10-11,22H,2-9H2,1H3,(H2,19,20,21).